The fourth-order valence-electron chi connectivity index (χ4n) is 3.41. The summed E-state index contributed by atoms with van der Waals surface area (Å²) in [6.07, 6.45) is 11.8. The highest BCUT2D eigenvalue weighted by atomic mass is 14.4. The van der Waals surface area contributed by atoms with E-state index in [1.54, 1.807) is 0 Å². The van der Waals surface area contributed by atoms with Crippen molar-refractivity contribution < 1.29 is 0 Å². The summed E-state index contributed by atoms with van der Waals surface area (Å²) in [7, 11) is 0. The molecule has 0 saturated heterocycles. The van der Waals surface area contributed by atoms with Gasteiger partial charge < -0.3 is 0 Å². The van der Waals surface area contributed by atoms with E-state index >= 15 is 0 Å². The van der Waals surface area contributed by atoms with Crippen molar-refractivity contribution in [2.45, 2.75) is 114 Å². The summed E-state index contributed by atoms with van der Waals surface area (Å²) in [4.78, 5) is 0. The lowest BCUT2D eigenvalue weighted by Crippen LogP contribution is -2.26. The molecule has 0 bridgehead atoms. The molecule has 3 aliphatic carbocycles. The predicted molar refractivity (Wildman–Crippen MR) is 106 cm³/mol. The molecule has 0 nitrogen and oxygen atoms in total. The van der Waals surface area contributed by atoms with E-state index in [0.717, 1.165) is 17.8 Å². The van der Waals surface area contributed by atoms with Gasteiger partial charge in [0.05, 0.1) is 0 Å². The Kier molecular flexibility index (Phi) is 7.25. The van der Waals surface area contributed by atoms with Gasteiger partial charge in [0.25, 0.3) is 0 Å². The van der Waals surface area contributed by atoms with Gasteiger partial charge in [-0.25, -0.2) is 0 Å². The molecule has 0 unspecified atom stereocenters. The van der Waals surface area contributed by atoms with E-state index in [0.29, 0.717) is 16.2 Å². The van der Waals surface area contributed by atoms with Gasteiger partial charge in [0.15, 0.2) is 0 Å². The molecule has 0 aromatic carbocycles. The minimum atomic E-state index is 0.584. The van der Waals surface area contributed by atoms with Crippen molar-refractivity contribution in [2.75, 3.05) is 0 Å². The zero-order valence-corrected chi connectivity index (χ0v) is 17.9. The molecular formula is C23H46. The van der Waals surface area contributed by atoms with Gasteiger partial charge in [-0.15, -0.1) is 0 Å². The Bertz CT molecular complexity index is 319. The quantitative estimate of drug-likeness (QED) is 0.457. The molecule has 138 valence electrons. The fourth-order valence-corrected chi connectivity index (χ4v) is 3.41. The van der Waals surface area contributed by atoms with Gasteiger partial charge in [0, 0.05) is 0 Å². The Morgan fingerprint density at radius 3 is 1.00 bits per heavy atom. The zero-order valence-electron chi connectivity index (χ0n) is 17.9. The molecule has 0 spiro atoms. The summed E-state index contributed by atoms with van der Waals surface area (Å²) in [5, 5.41) is 0. The first-order chi connectivity index (χ1) is 10.3. The third-order valence-electron chi connectivity index (χ3n) is 5.73. The SMILES string of the molecule is CC(C)(C)C1CC1.CC(C)(C)C1CCC1.CC(C)(C)CC1CC1. The average molecular weight is 323 g/mol. The number of rotatable bonds is 1. The van der Waals surface area contributed by atoms with E-state index in [4.69, 9.17) is 0 Å². The summed E-state index contributed by atoms with van der Waals surface area (Å²) >= 11 is 0. The van der Waals surface area contributed by atoms with Crippen molar-refractivity contribution in [3.63, 3.8) is 0 Å². The van der Waals surface area contributed by atoms with Gasteiger partial charge in [-0.1, -0.05) is 81.6 Å². The standard InChI is InChI=1S/2C8H16.C7H14/c1-8(2,3)6-7-4-5-7;1-8(2,3)7-5-4-6-7;1-7(2,3)6-4-5-6/h2*7H,4-6H2,1-3H3;6H,4-5H2,1-3H3. The Hall–Kier alpha value is 0. The van der Waals surface area contributed by atoms with E-state index in [1.165, 1.54) is 51.4 Å². The van der Waals surface area contributed by atoms with Crippen LogP contribution < -0.4 is 0 Å². The van der Waals surface area contributed by atoms with Crippen LogP contribution in [0, 0.1) is 34.0 Å². The molecule has 3 saturated carbocycles. The molecule has 0 radical (unpaired) electrons. The van der Waals surface area contributed by atoms with Gasteiger partial charge in [0.2, 0.25) is 0 Å². The van der Waals surface area contributed by atoms with Crippen LogP contribution in [0.5, 0.6) is 0 Å². The van der Waals surface area contributed by atoms with Gasteiger partial charge in [0.1, 0.15) is 0 Å². The van der Waals surface area contributed by atoms with E-state index < -0.39 is 0 Å². The molecular weight excluding hydrogens is 276 g/mol. The van der Waals surface area contributed by atoms with Gasteiger partial charge in [-0.3, -0.25) is 0 Å². The van der Waals surface area contributed by atoms with Crippen LogP contribution in [0.15, 0.2) is 0 Å². The summed E-state index contributed by atoms with van der Waals surface area (Å²) in [5.41, 5.74) is 1.79. The van der Waals surface area contributed by atoms with Crippen LogP contribution in [0.1, 0.15) is 114 Å². The second kappa shape index (κ2) is 7.92. The second-order valence-electron chi connectivity index (χ2n) is 11.8. The number of hydrogen-bond acceptors (Lipinski definition) is 0. The van der Waals surface area contributed by atoms with E-state index in [1.807, 2.05) is 0 Å². The highest BCUT2D eigenvalue weighted by molar-refractivity contribution is 4.84. The van der Waals surface area contributed by atoms with Gasteiger partial charge >= 0.3 is 0 Å². The lowest BCUT2D eigenvalue weighted by atomic mass is 9.69. The summed E-state index contributed by atoms with van der Waals surface area (Å²) in [6.45, 7) is 21.0. The van der Waals surface area contributed by atoms with Crippen molar-refractivity contribution in [3.05, 3.63) is 0 Å². The fraction of sp³-hybridized carbons (Fsp3) is 1.00. The van der Waals surface area contributed by atoms with Crippen LogP contribution in [-0.4, -0.2) is 0 Å². The molecule has 3 aliphatic rings. The topological polar surface area (TPSA) is 0 Å². The van der Waals surface area contributed by atoms with Crippen LogP contribution >= 0.6 is 0 Å². The first-order valence-corrected chi connectivity index (χ1v) is 10.3. The number of hydrogen-bond donors (Lipinski definition) is 0. The van der Waals surface area contributed by atoms with E-state index in [2.05, 4.69) is 62.3 Å². The van der Waals surface area contributed by atoms with Crippen molar-refractivity contribution in [2.24, 2.45) is 34.0 Å². The molecule has 0 aliphatic heterocycles. The molecule has 0 N–H and O–H groups in total. The van der Waals surface area contributed by atoms with Crippen molar-refractivity contribution >= 4 is 0 Å². The highest BCUT2D eigenvalue weighted by Gasteiger charge is 2.33. The van der Waals surface area contributed by atoms with Crippen molar-refractivity contribution in [3.8, 4) is 0 Å². The van der Waals surface area contributed by atoms with Crippen LogP contribution in [-0.2, 0) is 0 Å². The Balaban J connectivity index is 0.000000173. The van der Waals surface area contributed by atoms with Crippen LogP contribution in [0.3, 0.4) is 0 Å². The largest absolute Gasteiger partial charge is 0.0602 e. The first kappa shape index (κ1) is 21.0. The van der Waals surface area contributed by atoms with Crippen LogP contribution in [0.2, 0.25) is 0 Å². The van der Waals surface area contributed by atoms with Crippen molar-refractivity contribution in [1.29, 1.82) is 0 Å². The average Bonchev–Trinajstić information content (AvgIpc) is 3.04. The Morgan fingerprint density at radius 2 is 0.957 bits per heavy atom. The second-order valence-corrected chi connectivity index (χ2v) is 11.8. The van der Waals surface area contributed by atoms with Gasteiger partial charge in [-0.2, -0.15) is 0 Å². The Labute approximate surface area is 148 Å². The maximum Gasteiger partial charge on any atom is -0.0354 e. The third kappa shape index (κ3) is 10.5. The predicted octanol–water partition coefficient (Wildman–Crippen LogP) is 8.11. The maximum atomic E-state index is 2.34. The molecule has 0 heterocycles. The van der Waals surface area contributed by atoms with Gasteiger partial charge in [-0.05, 0) is 66.1 Å². The van der Waals surface area contributed by atoms with E-state index in [-0.39, 0.29) is 0 Å². The lowest BCUT2D eigenvalue weighted by Gasteiger charge is -2.37. The molecule has 0 aromatic heterocycles. The third-order valence-corrected chi connectivity index (χ3v) is 5.73. The summed E-state index contributed by atoms with van der Waals surface area (Å²) in [6, 6.07) is 0. The molecule has 0 heteroatoms. The molecule has 3 fully saturated rings. The summed E-state index contributed by atoms with van der Waals surface area (Å²) < 4.78 is 0. The molecule has 23 heavy (non-hydrogen) atoms. The molecule has 0 aromatic rings. The molecule has 0 atom stereocenters. The smallest absolute Gasteiger partial charge is 0.0354 e. The summed E-state index contributed by atoms with van der Waals surface area (Å²) in [5.74, 6) is 3.17. The zero-order chi connectivity index (χ0) is 17.9. The normalized spacial score (nSPS) is 22.3. The monoisotopic (exact) mass is 322 g/mol. The van der Waals surface area contributed by atoms with Crippen LogP contribution in [0.4, 0.5) is 0 Å². The minimum absolute atomic E-state index is 0.584. The maximum absolute atomic E-state index is 2.34. The molecule has 3 rings (SSSR count). The molecule has 0 amide bonds. The van der Waals surface area contributed by atoms with Crippen LogP contribution in [0.25, 0.3) is 0 Å². The lowest BCUT2D eigenvalue weighted by molar-refractivity contribution is 0.141. The highest BCUT2D eigenvalue weighted by Crippen LogP contribution is 2.44. The Morgan fingerprint density at radius 1 is 0.565 bits per heavy atom. The van der Waals surface area contributed by atoms with E-state index in [9.17, 15) is 0 Å². The minimum Gasteiger partial charge on any atom is -0.0602 e. The first-order valence-electron chi connectivity index (χ1n) is 10.3. The van der Waals surface area contributed by atoms with Crippen molar-refractivity contribution in [1.82, 2.24) is 0 Å².